The molecule has 4 nitrogen and oxygen atoms in total. The van der Waals surface area contributed by atoms with Gasteiger partial charge in [-0.15, -0.1) is 0 Å². The molecule has 0 aromatic rings. The molecule has 4 bridgehead atoms. The van der Waals surface area contributed by atoms with E-state index in [1.807, 2.05) is 0 Å². The van der Waals surface area contributed by atoms with E-state index in [9.17, 15) is 0 Å². The first kappa shape index (κ1) is 20.3. The van der Waals surface area contributed by atoms with E-state index >= 15 is 0 Å². The van der Waals surface area contributed by atoms with Crippen LogP contribution in [0.5, 0.6) is 0 Å². The van der Waals surface area contributed by atoms with Gasteiger partial charge in [0.25, 0.3) is 0 Å². The molecule has 0 aliphatic carbocycles. The van der Waals surface area contributed by atoms with E-state index in [-0.39, 0.29) is 0 Å². The maximum atomic E-state index is 3.71. The van der Waals surface area contributed by atoms with Crippen LogP contribution in [0.1, 0.15) is 44.9 Å². The molecule has 11 rings (SSSR count). The molecule has 0 unspecified atom stereocenters. The Morgan fingerprint density at radius 2 is 0.552 bits per heavy atom. The Labute approximate surface area is 179 Å². The Kier molecular flexibility index (Phi) is 5.71. The highest BCUT2D eigenvalue weighted by molar-refractivity contribution is 5.00. The van der Waals surface area contributed by atoms with E-state index in [1.54, 1.807) is 0 Å². The summed E-state index contributed by atoms with van der Waals surface area (Å²) in [4.78, 5) is 0. The van der Waals surface area contributed by atoms with Gasteiger partial charge >= 0.3 is 0 Å². The maximum Gasteiger partial charge on any atom is 0.141 e. The fraction of sp³-hybridized carbons (Fsp3) is 0.920. The largest absolute Gasteiger partial charge is 0.310 e. The lowest BCUT2D eigenvalue weighted by atomic mass is 10.0. The molecule has 0 saturated carbocycles. The van der Waals surface area contributed by atoms with Crippen molar-refractivity contribution in [2.75, 3.05) is 105 Å². The number of hydrogen-bond acceptors (Lipinski definition) is 0. The third-order valence-electron chi connectivity index (χ3n) is 10.0. The summed E-state index contributed by atoms with van der Waals surface area (Å²) in [7, 11) is 0. The van der Waals surface area contributed by atoms with Crippen LogP contribution in [-0.4, -0.2) is 123 Å². The van der Waals surface area contributed by atoms with Crippen molar-refractivity contribution in [1.82, 2.24) is 0 Å². The maximum absolute atomic E-state index is 3.71. The van der Waals surface area contributed by atoms with Gasteiger partial charge in [0.05, 0.1) is 13.1 Å². The van der Waals surface area contributed by atoms with Gasteiger partial charge in [0.15, 0.2) is 0 Å². The lowest BCUT2D eigenvalue weighted by Crippen LogP contribution is -2.75. The van der Waals surface area contributed by atoms with Gasteiger partial charge in [-0.1, -0.05) is 19.3 Å². The van der Waals surface area contributed by atoms with E-state index in [4.69, 9.17) is 0 Å². The molecule has 0 N–H and O–H groups in total. The Bertz CT molecular complexity index is 544. The molecule has 11 heterocycles. The molecule has 29 heavy (non-hydrogen) atoms. The molecule has 0 aromatic carbocycles. The third kappa shape index (κ3) is 4.26. The van der Waals surface area contributed by atoms with E-state index in [0.29, 0.717) is 0 Å². The van der Waals surface area contributed by atoms with Crippen LogP contribution >= 0.6 is 0 Å². The first-order valence-corrected chi connectivity index (χ1v) is 13.0. The summed E-state index contributed by atoms with van der Waals surface area (Å²) < 4.78 is 5.56. The van der Waals surface area contributed by atoms with Crippen molar-refractivity contribution in [3.05, 3.63) is 0 Å². The smallest absolute Gasteiger partial charge is 0.141 e. The van der Waals surface area contributed by atoms with E-state index in [0.717, 1.165) is 13.1 Å². The Hall–Kier alpha value is -0.600. The SMILES string of the molecule is C1#CC[N+]23CC[N+](CCCCCCCCC[N+]45CC[N+](C1)(CC4)CC5)(CC2)CC3. The zero-order chi connectivity index (χ0) is 19.7. The molecule has 6 fully saturated rings. The van der Waals surface area contributed by atoms with Crippen molar-refractivity contribution in [3.63, 3.8) is 0 Å². The summed E-state index contributed by atoms with van der Waals surface area (Å²) in [5, 5.41) is 0. The van der Waals surface area contributed by atoms with Gasteiger partial charge in [0, 0.05) is 0 Å². The zero-order valence-electron chi connectivity index (χ0n) is 19.1. The van der Waals surface area contributed by atoms with E-state index in [2.05, 4.69) is 11.8 Å². The van der Waals surface area contributed by atoms with Crippen molar-refractivity contribution >= 4 is 0 Å². The van der Waals surface area contributed by atoms with Gasteiger partial charge < -0.3 is 8.97 Å². The minimum Gasteiger partial charge on any atom is -0.310 e. The van der Waals surface area contributed by atoms with Gasteiger partial charge in [0.2, 0.25) is 0 Å². The molecule has 0 atom stereocenters. The first-order chi connectivity index (χ1) is 14.2. The van der Waals surface area contributed by atoms with Crippen LogP contribution in [0.2, 0.25) is 0 Å². The number of nitrogens with zero attached hydrogens (tertiary/aromatic N) is 4. The molecule has 162 valence electrons. The molecular weight excluding hydrogens is 356 g/mol. The van der Waals surface area contributed by atoms with Crippen LogP contribution in [0.15, 0.2) is 0 Å². The minimum absolute atomic E-state index is 1.14. The number of hydrogen-bond donors (Lipinski definition) is 0. The summed E-state index contributed by atoms with van der Waals surface area (Å²) in [6.45, 7) is 22.2. The topological polar surface area (TPSA) is 0 Å². The predicted octanol–water partition coefficient (Wildman–Crippen LogP) is 2.06. The highest BCUT2D eigenvalue weighted by Gasteiger charge is 2.49. The second-order valence-electron chi connectivity index (χ2n) is 11.6. The van der Waals surface area contributed by atoms with Gasteiger partial charge in [-0.3, -0.25) is 8.97 Å². The van der Waals surface area contributed by atoms with Crippen molar-refractivity contribution in [3.8, 4) is 11.8 Å². The first-order valence-electron chi connectivity index (χ1n) is 13.0. The molecule has 0 radical (unpaired) electrons. The van der Waals surface area contributed by atoms with Crippen molar-refractivity contribution in [2.45, 2.75) is 44.9 Å². The van der Waals surface area contributed by atoms with Crippen LogP contribution in [0.4, 0.5) is 0 Å². The third-order valence-corrected chi connectivity index (χ3v) is 10.0. The fourth-order valence-corrected chi connectivity index (χ4v) is 7.26. The van der Waals surface area contributed by atoms with Crippen molar-refractivity contribution in [2.24, 2.45) is 0 Å². The van der Waals surface area contributed by atoms with E-state index in [1.165, 1.54) is 155 Å². The molecular formula is C25H46N4+4. The lowest BCUT2D eigenvalue weighted by molar-refractivity contribution is -1.08. The number of quaternary nitrogens is 4. The van der Waals surface area contributed by atoms with Crippen LogP contribution in [0, 0.1) is 11.8 Å². The Morgan fingerprint density at radius 1 is 0.276 bits per heavy atom. The second kappa shape index (κ2) is 8.15. The predicted molar refractivity (Wildman–Crippen MR) is 119 cm³/mol. The lowest BCUT2D eigenvalue weighted by Gasteiger charge is -2.55. The molecule has 0 aromatic heterocycles. The van der Waals surface area contributed by atoms with Gasteiger partial charge in [0.1, 0.15) is 91.6 Å². The Morgan fingerprint density at radius 3 is 0.897 bits per heavy atom. The molecule has 0 amide bonds. The normalized spacial score (nSPS) is 46.1. The number of piperazine rings is 6. The monoisotopic (exact) mass is 402 g/mol. The van der Waals surface area contributed by atoms with E-state index < -0.39 is 0 Å². The summed E-state index contributed by atoms with van der Waals surface area (Å²) in [5.41, 5.74) is 0. The highest BCUT2D eigenvalue weighted by atomic mass is 15.5. The molecule has 0 spiro atoms. The quantitative estimate of drug-likeness (QED) is 0.430. The number of rotatable bonds is 0. The standard InChI is InChI=1S/C25H46N4/c1-2-4-6-10-26-14-20-28(21-15-26,22-16-26)12-8-9-13-29-23-17-27(18-24-29,19-25-29)11-7-5-3-1/h1-7,10-25H2/q+4. The molecule has 11 aliphatic heterocycles. The van der Waals surface area contributed by atoms with Gasteiger partial charge in [-0.05, 0) is 37.5 Å². The highest BCUT2D eigenvalue weighted by Crippen LogP contribution is 2.29. The van der Waals surface area contributed by atoms with Crippen molar-refractivity contribution in [1.29, 1.82) is 0 Å². The minimum atomic E-state index is 1.14. The summed E-state index contributed by atoms with van der Waals surface area (Å²) in [6, 6.07) is 0. The summed E-state index contributed by atoms with van der Waals surface area (Å²) >= 11 is 0. The Balaban J connectivity index is 1.24. The molecule has 6 saturated heterocycles. The summed E-state index contributed by atoms with van der Waals surface area (Å²) in [6.07, 6.45) is 10.3. The van der Waals surface area contributed by atoms with Gasteiger partial charge in [-0.25, -0.2) is 0 Å². The summed E-state index contributed by atoms with van der Waals surface area (Å²) in [5.74, 6) is 7.41. The average Bonchev–Trinajstić information content (AvgIpc) is 2.78. The van der Waals surface area contributed by atoms with Crippen LogP contribution in [0.3, 0.4) is 0 Å². The van der Waals surface area contributed by atoms with Crippen LogP contribution in [0.25, 0.3) is 0 Å². The fourth-order valence-electron chi connectivity index (χ4n) is 7.26. The van der Waals surface area contributed by atoms with Crippen LogP contribution < -0.4 is 0 Å². The van der Waals surface area contributed by atoms with Crippen molar-refractivity contribution < 1.29 is 17.9 Å². The second-order valence-corrected chi connectivity index (χ2v) is 11.6. The zero-order valence-corrected chi connectivity index (χ0v) is 19.1. The molecule has 11 aliphatic rings. The average molecular weight is 403 g/mol. The molecule has 4 heteroatoms. The van der Waals surface area contributed by atoms with Gasteiger partial charge in [-0.2, -0.15) is 0 Å². The van der Waals surface area contributed by atoms with Crippen LogP contribution in [-0.2, 0) is 0 Å².